The molecule has 1 atom stereocenters. The van der Waals surface area contributed by atoms with Crippen LogP contribution >= 0.6 is 0 Å². The van der Waals surface area contributed by atoms with E-state index >= 15 is 0 Å². The average molecular weight is 353 g/mol. The first-order valence-corrected chi connectivity index (χ1v) is 7.98. The van der Waals surface area contributed by atoms with Crippen LogP contribution in [0.4, 0.5) is 4.39 Å². The number of carbonyl (C=O) groups is 2. The van der Waals surface area contributed by atoms with Crippen molar-refractivity contribution in [2.45, 2.75) is 46.2 Å². The molecule has 0 spiro atoms. The third-order valence-electron chi connectivity index (χ3n) is 3.74. The first kappa shape index (κ1) is 13.8. The van der Waals surface area contributed by atoms with Crippen molar-refractivity contribution >= 4 is 22.8 Å². The Labute approximate surface area is 151 Å². The molecule has 1 amide bonds. The van der Waals surface area contributed by atoms with Crippen LogP contribution in [-0.4, -0.2) is 39.5 Å². The second-order valence-corrected chi connectivity index (χ2v) is 6.80. The molecule has 1 aromatic carbocycles. The van der Waals surface area contributed by atoms with E-state index in [0.29, 0.717) is 6.42 Å². The second kappa shape index (κ2) is 7.63. The minimum Gasteiger partial charge on any atom is -0.480 e. The molecule has 0 unspecified atom stereocenters. The van der Waals surface area contributed by atoms with Crippen molar-refractivity contribution in [1.82, 2.24) is 15.1 Å². The summed E-state index contributed by atoms with van der Waals surface area (Å²) in [5.41, 5.74) is -1.06. The van der Waals surface area contributed by atoms with E-state index in [1.54, 1.807) is 20.8 Å². The molecule has 0 aliphatic carbocycles. The number of hydrogen-bond donors (Lipinski definition) is 2. The Morgan fingerprint density at radius 1 is 1.36 bits per heavy atom. The van der Waals surface area contributed by atoms with Crippen LogP contribution in [-0.2, 0) is 11.3 Å². The van der Waals surface area contributed by atoms with E-state index in [0.717, 1.165) is 0 Å². The lowest BCUT2D eigenvalue weighted by atomic mass is 9.86. The third kappa shape index (κ3) is 4.35. The van der Waals surface area contributed by atoms with Gasteiger partial charge < -0.3 is 10.4 Å². The van der Waals surface area contributed by atoms with E-state index in [-0.39, 0.29) is 35.6 Å². The maximum absolute atomic E-state index is 12.9. The fraction of sp³-hybridized carbons (Fsp3) is 0.500. The van der Waals surface area contributed by atoms with Crippen LogP contribution in [0.15, 0.2) is 24.2 Å². The summed E-state index contributed by atoms with van der Waals surface area (Å²) in [4.78, 5) is 24.4. The van der Waals surface area contributed by atoms with Gasteiger partial charge in [0, 0.05) is 11.9 Å². The lowest BCUT2D eigenvalue weighted by Gasteiger charge is -2.27. The number of aromatic nitrogens is 2. The SMILES string of the molecule is [2H]c1c([2H])c([2H])c2c(c(C(=O)N[C@H](C(=O)O)C(C)(C)C)nn2CCCCF)c1[2H]. The molecular weight excluding hydrogens is 325 g/mol. The Morgan fingerprint density at radius 3 is 2.64 bits per heavy atom. The second-order valence-electron chi connectivity index (χ2n) is 6.80. The van der Waals surface area contributed by atoms with Gasteiger partial charge in [-0.2, -0.15) is 5.10 Å². The van der Waals surface area contributed by atoms with E-state index in [9.17, 15) is 19.1 Å². The Kier molecular flexibility index (Phi) is 4.21. The smallest absolute Gasteiger partial charge is 0.326 e. The van der Waals surface area contributed by atoms with Gasteiger partial charge in [-0.1, -0.05) is 38.9 Å². The molecular formula is C18H24FN3O3. The van der Waals surface area contributed by atoms with Crippen molar-refractivity contribution in [2.24, 2.45) is 5.41 Å². The lowest BCUT2D eigenvalue weighted by molar-refractivity contribution is -0.142. The molecule has 0 aliphatic heterocycles. The standard InChI is InChI=1S/C18H24FN3O3/c1-18(2,3)15(17(24)25)20-16(23)14-12-8-4-5-9-13(12)22(21-14)11-7-6-10-19/h4-5,8-9,15H,6-7,10-11H2,1-3H3,(H,20,23)(H,24,25)/t15-/m1/s1/i4D,5D,8D,9D. The van der Waals surface area contributed by atoms with Crippen molar-refractivity contribution in [2.75, 3.05) is 6.67 Å². The highest BCUT2D eigenvalue weighted by molar-refractivity contribution is 6.05. The monoisotopic (exact) mass is 353 g/mol. The summed E-state index contributed by atoms with van der Waals surface area (Å²) in [6.07, 6.45) is 0.593. The number of aliphatic carboxylic acids is 1. The highest BCUT2D eigenvalue weighted by Gasteiger charge is 2.33. The quantitative estimate of drug-likeness (QED) is 0.750. The highest BCUT2D eigenvalue weighted by atomic mass is 19.1. The highest BCUT2D eigenvalue weighted by Crippen LogP contribution is 2.22. The number of carbonyl (C=O) groups excluding carboxylic acids is 1. The number of hydrogen-bond acceptors (Lipinski definition) is 3. The molecule has 2 aromatic rings. The molecule has 0 bridgehead atoms. The zero-order valence-electron chi connectivity index (χ0n) is 18.4. The summed E-state index contributed by atoms with van der Waals surface area (Å²) in [7, 11) is 0. The number of halogens is 1. The van der Waals surface area contributed by atoms with Crippen molar-refractivity contribution in [1.29, 1.82) is 0 Å². The van der Waals surface area contributed by atoms with E-state index in [1.165, 1.54) is 4.68 Å². The molecule has 0 radical (unpaired) electrons. The molecule has 0 saturated carbocycles. The summed E-state index contributed by atoms with van der Waals surface area (Å²) < 4.78 is 45.8. The van der Waals surface area contributed by atoms with Gasteiger partial charge in [0.15, 0.2) is 5.69 Å². The van der Waals surface area contributed by atoms with Gasteiger partial charge >= 0.3 is 5.97 Å². The van der Waals surface area contributed by atoms with Gasteiger partial charge in [-0.25, -0.2) is 4.79 Å². The Morgan fingerprint density at radius 2 is 2.04 bits per heavy atom. The molecule has 1 heterocycles. The van der Waals surface area contributed by atoms with Crippen LogP contribution in [0, 0.1) is 5.41 Å². The number of benzene rings is 1. The fourth-order valence-electron chi connectivity index (χ4n) is 2.42. The van der Waals surface area contributed by atoms with Gasteiger partial charge in [-0.15, -0.1) is 0 Å². The molecule has 136 valence electrons. The number of alkyl halides is 1. The molecule has 0 aliphatic rings. The van der Waals surface area contributed by atoms with Crippen LogP contribution in [0.25, 0.3) is 10.9 Å². The number of aryl methyl sites for hydroxylation is 1. The Bertz CT molecular complexity index is 956. The number of rotatable bonds is 7. The number of para-hydroxylation sites is 1. The van der Waals surface area contributed by atoms with Gasteiger partial charge in [0.1, 0.15) is 6.04 Å². The van der Waals surface area contributed by atoms with Gasteiger partial charge in [-0.05, 0) is 24.3 Å². The van der Waals surface area contributed by atoms with Gasteiger partial charge in [-0.3, -0.25) is 13.9 Å². The summed E-state index contributed by atoms with van der Waals surface area (Å²) >= 11 is 0. The molecule has 2 N–H and O–H groups in total. The maximum Gasteiger partial charge on any atom is 0.326 e. The summed E-state index contributed by atoms with van der Waals surface area (Å²) in [6.45, 7) is 4.54. The number of nitrogens with zero attached hydrogens (tertiary/aromatic N) is 2. The molecule has 25 heavy (non-hydrogen) atoms. The molecule has 0 saturated heterocycles. The van der Waals surface area contributed by atoms with Crippen molar-refractivity contribution in [3.8, 4) is 0 Å². The van der Waals surface area contributed by atoms with Crippen LogP contribution in [0.1, 0.15) is 49.6 Å². The fourth-order valence-corrected chi connectivity index (χ4v) is 2.42. The van der Waals surface area contributed by atoms with Crippen molar-refractivity contribution < 1.29 is 24.6 Å². The molecule has 2 rings (SSSR count). The van der Waals surface area contributed by atoms with Crippen LogP contribution in [0.2, 0.25) is 0 Å². The first-order valence-electron chi connectivity index (χ1n) is 9.98. The minimum absolute atomic E-state index is 0.0302. The number of fused-ring (bicyclic) bond motifs is 1. The van der Waals surface area contributed by atoms with Crippen LogP contribution in [0.3, 0.4) is 0 Å². The predicted octanol–water partition coefficient (Wildman–Crippen LogP) is 3.02. The number of nitrogens with one attached hydrogen (secondary N) is 1. The molecule has 1 aromatic heterocycles. The van der Waals surface area contributed by atoms with E-state index < -0.39 is 48.1 Å². The van der Waals surface area contributed by atoms with Crippen LogP contribution < -0.4 is 5.32 Å². The van der Waals surface area contributed by atoms with Crippen molar-refractivity contribution in [3.05, 3.63) is 29.9 Å². The Balaban J connectivity index is 2.63. The normalized spacial score (nSPS) is 15.2. The summed E-state index contributed by atoms with van der Waals surface area (Å²) in [6, 6.07) is -3.04. The van der Waals surface area contributed by atoms with Crippen molar-refractivity contribution in [3.63, 3.8) is 0 Å². The Hall–Kier alpha value is -2.44. The zero-order valence-corrected chi connectivity index (χ0v) is 14.4. The number of carboxylic acid groups (broad SMARTS) is 1. The zero-order chi connectivity index (χ0) is 22.1. The summed E-state index contributed by atoms with van der Waals surface area (Å²) in [5, 5.41) is 15.9. The largest absolute Gasteiger partial charge is 0.480 e. The lowest BCUT2D eigenvalue weighted by Crippen LogP contribution is -2.49. The molecule has 6 nitrogen and oxygen atoms in total. The van der Waals surface area contributed by atoms with E-state index in [1.807, 2.05) is 0 Å². The predicted molar refractivity (Wildman–Crippen MR) is 93.3 cm³/mol. The topological polar surface area (TPSA) is 84.2 Å². The van der Waals surface area contributed by atoms with Gasteiger partial charge in [0.2, 0.25) is 0 Å². The summed E-state index contributed by atoms with van der Waals surface area (Å²) in [5.74, 6) is -2.09. The molecule has 0 fully saturated rings. The number of carboxylic acids is 1. The number of amides is 1. The first-order chi connectivity index (χ1) is 13.4. The van der Waals surface area contributed by atoms with Gasteiger partial charge in [0.05, 0.1) is 17.7 Å². The third-order valence-corrected chi connectivity index (χ3v) is 3.74. The number of unbranched alkanes of at least 4 members (excludes halogenated alkanes) is 1. The minimum atomic E-state index is -1.24. The van der Waals surface area contributed by atoms with Crippen LogP contribution in [0.5, 0.6) is 0 Å². The molecule has 7 heteroatoms. The van der Waals surface area contributed by atoms with E-state index in [2.05, 4.69) is 10.4 Å². The van der Waals surface area contributed by atoms with Gasteiger partial charge in [0.25, 0.3) is 5.91 Å². The van der Waals surface area contributed by atoms with E-state index in [4.69, 9.17) is 5.48 Å². The average Bonchev–Trinajstić information content (AvgIpc) is 3.01. The maximum atomic E-state index is 12.9.